The molecule has 1 aromatic rings. The second-order valence-corrected chi connectivity index (χ2v) is 7.01. The quantitative estimate of drug-likeness (QED) is 0.809. The summed E-state index contributed by atoms with van der Waals surface area (Å²) in [6.07, 6.45) is 1.67. The molecule has 0 amide bonds. The van der Waals surface area contributed by atoms with Gasteiger partial charge in [0.1, 0.15) is 0 Å². The average Bonchev–Trinajstić information content (AvgIpc) is 2.96. The fourth-order valence-electron chi connectivity index (χ4n) is 2.56. The number of hydrogen-bond acceptors (Lipinski definition) is 5. The molecule has 1 aliphatic rings. The highest BCUT2D eigenvalue weighted by Crippen LogP contribution is 2.23. The van der Waals surface area contributed by atoms with Crippen LogP contribution in [-0.2, 0) is 20.5 Å². The number of rotatable bonds is 5. The van der Waals surface area contributed by atoms with Crippen LogP contribution in [0.15, 0.2) is 24.3 Å². The molecule has 2 rings (SSSR count). The minimum Gasteiger partial charge on any atom is -0.465 e. The second kappa shape index (κ2) is 6.55. The summed E-state index contributed by atoms with van der Waals surface area (Å²) in [5, 5.41) is 0. The van der Waals surface area contributed by atoms with Gasteiger partial charge in [0.25, 0.3) is 0 Å². The average molecular weight is 312 g/mol. The molecule has 116 valence electrons. The van der Waals surface area contributed by atoms with Gasteiger partial charge in [-0.15, -0.1) is 0 Å². The van der Waals surface area contributed by atoms with Gasteiger partial charge in [-0.3, -0.25) is 0 Å². The van der Waals surface area contributed by atoms with E-state index >= 15 is 0 Å². The first kappa shape index (κ1) is 15.9. The van der Waals surface area contributed by atoms with Gasteiger partial charge in [-0.1, -0.05) is 12.1 Å². The van der Waals surface area contributed by atoms with Crippen LogP contribution in [0.2, 0.25) is 0 Å². The van der Waals surface area contributed by atoms with Crippen molar-refractivity contribution >= 4 is 16.0 Å². The molecule has 0 aromatic heterocycles. The van der Waals surface area contributed by atoms with Crippen molar-refractivity contribution < 1.29 is 17.9 Å². The van der Waals surface area contributed by atoms with Gasteiger partial charge in [-0.25, -0.2) is 13.2 Å². The second-order valence-electron chi connectivity index (χ2n) is 5.09. The molecule has 0 radical (unpaired) electrons. The SMILES string of the molecule is COC(=O)c1ccc(CS(=O)(=O)N2CCCC2CN)cc1. The van der Waals surface area contributed by atoms with Crippen LogP contribution >= 0.6 is 0 Å². The summed E-state index contributed by atoms with van der Waals surface area (Å²) in [5.74, 6) is -0.516. The zero-order chi connectivity index (χ0) is 15.5. The van der Waals surface area contributed by atoms with E-state index in [0.29, 0.717) is 24.2 Å². The fourth-order valence-corrected chi connectivity index (χ4v) is 4.39. The first-order valence-electron chi connectivity index (χ1n) is 6.85. The van der Waals surface area contributed by atoms with Crippen LogP contribution in [-0.4, -0.2) is 44.9 Å². The maximum absolute atomic E-state index is 12.4. The molecule has 7 heteroatoms. The molecule has 0 saturated carbocycles. The molecule has 6 nitrogen and oxygen atoms in total. The number of ether oxygens (including phenoxy) is 1. The predicted molar refractivity (Wildman–Crippen MR) is 79.2 cm³/mol. The molecule has 1 atom stereocenters. The van der Waals surface area contributed by atoms with Gasteiger partial charge >= 0.3 is 5.97 Å². The minimum absolute atomic E-state index is 0.0784. The minimum atomic E-state index is -3.38. The van der Waals surface area contributed by atoms with E-state index in [4.69, 9.17) is 5.73 Å². The lowest BCUT2D eigenvalue weighted by atomic mass is 10.1. The van der Waals surface area contributed by atoms with Gasteiger partial charge in [-0.2, -0.15) is 4.31 Å². The standard InChI is InChI=1S/C14H20N2O4S/c1-20-14(17)12-6-4-11(5-7-12)10-21(18,19)16-8-2-3-13(16)9-15/h4-7,13H,2-3,8-10,15H2,1H3. The lowest BCUT2D eigenvalue weighted by Crippen LogP contribution is -2.40. The third-order valence-corrected chi connectivity index (χ3v) is 5.57. The first-order chi connectivity index (χ1) is 9.97. The Morgan fingerprint density at radius 3 is 2.62 bits per heavy atom. The summed E-state index contributed by atoms with van der Waals surface area (Å²) >= 11 is 0. The van der Waals surface area contributed by atoms with Gasteiger partial charge in [0.05, 0.1) is 18.4 Å². The van der Waals surface area contributed by atoms with Gasteiger partial charge < -0.3 is 10.5 Å². The number of sulfonamides is 1. The van der Waals surface area contributed by atoms with Gasteiger partial charge in [-0.05, 0) is 30.5 Å². The largest absolute Gasteiger partial charge is 0.465 e. The number of nitrogens with two attached hydrogens (primary N) is 1. The molecule has 1 aromatic carbocycles. The number of hydrogen-bond donors (Lipinski definition) is 1. The van der Waals surface area contributed by atoms with E-state index in [2.05, 4.69) is 4.74 Å². The van der Waals surface area contributed by atoms with E-state index in [9.17, 15) is 13.2 Å². The Hall–Kier alpha value is -1.44. The maximum atomic E-state index is 12.4. The summed E-state index contributed by atoms with van der Waals surface area (Å²) in [6, 6.07) is 6.32. The Kier molecular flexibility index (Phi) is 4.97. The molecule has 1 unspecified atom stereocenters. The Morgan fingerprint density at radius 2 is 2.05 bits per heavy atom. The molecular formula is C14H20N2O4S. The first-order valence-corrected chi connectivity index (χ1v) is 8.45. The highest BCUT2D eigenvalue weighted by atomic mass is 32.2. The Bertz CT molecular complexity index is 598. The highest BCUT2D eigenvalue weighted by Gasteiger charge is 2.33. The predicted octanol–water partition coefficient (Wildman–Crippen LogP) is 0.726. The van der Waals surface area contributed by atoms with Gasteiger partial charge in [0, 0.05) is 19.1 Å². The van der Waals surface area contributed by atoms with Crippen molar-refractivity contribution in [3.63, 3.8) is 0 Å². The summed E-state index contributed by atoms with van der Waals surface area (Å²) in [5.41, 5.74) is 6.67. The van der Waals surface area contributed by atoms with E-state index in [1.807, 2.05) is 0 Å². The molecular weight excluding hydrogens is 292 g/mol. The zero-order valence-electron chi connectivity index (χ0n) is 12.0. The number of esters is 1. The summed E-state index contributed by atoms with van der Waals surface area (Å²) in [4.78, 5) is 11.3. The van der Waals surface area contributed by atoms with Crippen molar-refractivity contribution in [2.45, 2.75) is 24.6 Å². The maximum Gasteiger partial charge on any atom is 0.337 e. The Labute approximate surface area is 124 Å². The molecule has 0 bridgehead atoms. The van der Waals surface area contributed by atoms with Gasteiger partial charge in [0.2, 0.25) is 10.0 Å². The molecule has 2 N–H and O–H groups in total. The Balaban J connectivity index is 2.11. The lowest BCUT2D eigenvalue weighted by Gasteiger charge is -2.22. The molecule has 1 fully saturated rings. The fraction of sp³-hybridized carbons (Fsp3) is 0.500. The molecule has 21 heavy (non-hydrogen) atoms. The van der Waals surface area contributed by atoms with Crippen molar-refractivity contribution in [3.05, 3.63) is 35.4 Å². The van der Waals surface area contributed by atoms with Crippen LogP contribution in [0.1, 0.15) is 28.8 Å². The summed E-state index contributed by atoms with van der Waals surface area (Å²) in [7, 11) is -2.07. The van der Waals surface area contributed by atoms with Crippen LogP contribution in [0.5, 0.6) is 0 Å². The van der Waals surface area contributed by atoms with E-state index in [1.54, 1.807) is 24.3 Å². The third-order valence-electron chi connectivity index (χ3n) is 3.68. The van der Waals surface area contributed by atoms with Crippen molar-refractivity contribution in [1.29, 1.82) is 0 Å². The number of benzene rings is 1. The normalized spacial score (nSPS) is 19.6. The smallest absolute Gasteiger partial charge is 0.337 e. The number of methoxy groups -OCH3 is 1. The summed E-state index contributed by atoms with van der Waals surface area (Å²) in [6.45, 7) is 0.880. The van der Waals surface area contributed by atoms with Crippen molar-refractivity contribution in [3.8, 4) is 0 Å². The molecule has 0 aliphatic carbocycles. The zero-order valence-corrected chi connectivity index (χ0v) is 12.8. The topological polar surface area (TPSA) is 89.7 Å². The Morgan fingerprint density at radius 1 is 1.38 bits per heavy atom. The van der Waals surface area contributed by atoms with Crippen molar-refractivity contribution in [2.75, 3.05) is 20.2 Å². The van der Waals surface area contributed by atoms with E-state index < -0.39 is 16.0 Å². The highest BCUT2D eigenvalue weighted by molar-refractivity contribution is 7.88. The molecule has 1 heterocycles. The van der Waals surface area contributed by atoms with Crippen molar-refractivity contribution in [1.82, 2.24) is 4.31 Å². The number of carbonyl (C=O) groups is 1. The van der Waals surface area contributed by atoms with Crippen LogP contribution in [0, 0.1) is 0 Å². The van der Waals surface area contributed by atoms with E-state index in [-0.39, 0.29) is 11.8 Å². The van der Waals surface area contributed by atoms with Crippen LogP contribution in [0.25, 0.3) is 0 Å². The van der Waals surface area contributed by atoms with Gasteiger partial charge in [0.15, 0.2) is 0 Å². The monoisotopic (exact) mass is 312 g/mol. The van der Waals surface area contributed by atoms with Crippen LogP contribution < -0.4 is 5.73 Å². The molecule has 1 saturated heterocycles. The van der Waals surface area contributed by atoms with Crippen LogP contribution in [0.4, 0.5) is 0 Å². The van der Waals surface area contributed by atoms with Crippen LogP contribution in [0.3, 0.4) is 0 Å². The molecule has 1 aliphatic heterocycles. The number of nitrogens with zero attached hydrogens (tertiary/aromatic N) is 1. The lowest BCUT2D eigenvalue weighted by molar-refractivity contribution is 0.0600. The third kappa shape index (κ3) is 3.61. The summed E-state index contributed by atoms with van der Waals surface area (Å²) < 4.78 is 31.0. The van der Waals surface area contributed by atoms with Crippen molar-refractivity contribution in [2.24, 2.45) is 5.73 Å². The van der Waals surface area contributed by atoms with E-state index in [1.165, 1.54) is 11.4 Å². The number of carbonyl (C=O) groups excluding carboxylic acids is 1. The van der Waals surface area contributed by atoms with E-state index in [0.717, 1.165) is 12.8 Å². The molecule has 0 spiro atoms.